The number of ether oxygens (including phenoxy) is 1. The number of amides is 4. The Hall–Kier alpha value is -2.58. The third-order valence-corrected chi connectivity index (χ3v) is 4.85. The van der Waals surface area contributed by atoms with E-state index in [-0.39, 0.29) is 0 Å². The number of carbonyl (C=O) groups is 3. The van der Waals surface area contributed by atoms with E-state index in [1.54, 1.807) is 12.1 Å². The van der Waals surface area contributed by atoms with Gasteiger partial charge in [-0.3, -0.25) is 19.9 Å². The SMILES string of the molecule is CCc1ccc(N2C(=O)NC(=O)[C@H](C=NCC[NH+]3CCOCC3)C2=O)cc1. The number of imide groups is 2. The number of hydrogen-bond donors (Lipinski definition) is 2. The van der Waals surface area contributed by atoms with Crippen molar-refractivity contribution >= 4 is 29.7 Å². The number of barbiturate groups is 1. The molecule has 0 spiro atoms. The Bertz CT molecular complexity index is 726. The van der Waals surface area contributed by atoms with Gasteiger partial charge in [-0.2, -0.15) is 0 Å². The number of hydrogen-bond acceptors (Lipinski definition) is 5. The lowest BCUT2D eigenvalue weighted by atomic mass is 10.1. The predicted molar refractivity (Wildman–Crippen MR) is 100 cm³/mol. The molecule has 0 radical (unpaired) electrons. The van der Waals surface area contributed by atoms with E-state index in [0.29, 0.717) is 12.2 Å². The Balaban J connectivity index is 1.65. The van der Waals surface area contributed by atoms with Gasteiger partial charge in [-0.15, -0.1) is 0 Å². The highest BCUT2D eigenvalue weighted by molar-refractivity contribution is 6.32. The molecule has 27 heavy (non-hydrogen) atoms. The summed E-state index contributed by atoms with van der Waals surface area (Å²) in [6.45, 7) is 6.74. The molecule has 0 saturated carbocycles. The van der Waals surface area contributed by atoms with Gasteiger partial charge in [-0.05, 0) is 24.1 Å². The van der Waals surface area contributed by atoms with E-state index in [2.05, 4.69) is 10.3 Å². The number of carbonyl (C=O) groups excluding carboxylic acids is 3. The summed E-state index contributed by atoms with van der Waals surface area (Å²) in [5.74, 6) is -2.29. The number of rotatable bonds is 6. The fraction of sp³-hybridized carbons (Fsp3) is 0.474. The zero-order valence-electron chi connectivity index (χ0n) is 15.4. The standard InChI is InChI=1S/C19H24N4O4/c1-2-14-3-5-15(6-4-14)23-18(25)16(17(24)21-19(23)26)13-20-7-8-22-9-11-27-12-10-22/h3-6,13,16H,2,7-12H2,1H3,(H,21,24,26)/p+1/t16-/m0/s1. The summed E-state index contributed by atoms with van der Waals surface area (Å²) in [7, 11) is 0. The number of benzene rings is 1. The van der Waals surface area contributed by atoms with Crippen molar-refractivity contribution in [2.75, 3.05) is 44.3 Å². The van der Waals surface area contributed by atoms with Crippen molar-refractivity contribution in [1.82, 2.24) is 5.32 Å². The molecule has 1 aromatic rings. The zero-order valence-corrected chi connectivity index (χ0v) is 15.4. The largest absolute Gasteiger partial charge is 0.370 e. The molecule has 2 N–H and O–H groups in total. The van der Waals surface area contributed by atoms with Crippen LogP contribution in [0.4, 0.5) is 10.5 Å². The van der Waals surface area contributed by atoms with Crippen LogP contribution in [0, 0.1) is 5.92 Å². The molecule has 4 amide bonds. The second-order valence-corrected chi connectivity index (χ2v) is 6.63. The molecule has 8 heteroatoms. The Morgan fingerprint density at radius 2 is 1.93 bits per heavy atom. The highest BCUT2D eigenvalue weighted by atomic mass is 16.5. The van der Waals surface area contributed by atoms with E-state index in [0.717, 1.165) is 49.7 Å². The topological polar surface area (TPSA) is 92.5 Å². The summed E-state index contributed by atoms with van der Waals surface area (Å²) in [4.78, 5) is 43.7. The highest BCUT2D eigenvalue weighted by Crippen LogP contribution is 2.21. The van der Waals surface area contributed by atoms with Gasteiger partial charge in [-0.1, -0.05) is 19.1 Å². The molecule has 2 fully saturated rings. The first-order valence-corrected chi connectivity index (χ1v) is 9.29. The number of nitrogens with zero attached hydrogens (tertiary/aromatic N) is 2. The smallest absolute Gasteiger partial charge is 0.335 e. The van der Waals surface area contributed by atoms with E-state index in [4.69, 9.17) is 4.74 Å². The van der Waals surface area contributed by atoms with Gasteiger partial charge in [0, 0.05) is 6.21 Å². The van der Waals surface area contributed by atoms with Gasteiger partial charge in [0.25, 0.3) is 5.91 Å². The predicted octanol–water partition coefficient (Wildman–Crippen LogP) is -0.566. The molecule has 8 nitrogen and oxygen atoms in total. The second-order valence-electron chi connectivity index (χ2n) is 6.63. The van der Waals surface area contributed by atoms with Crippen LogP contribution in [0.3, 0.4) is 0 Å². The molecule has 3 rings (SSSR count). The molecule has 2 heterocycles. The Kier molecular flexibility index (Phi) is 6.31. The molecule has 0 aliphatic carbocycles. The van der Waals surface area contributed by atoms with Crippen molar-refractivity contribution in [3.8, 4) is 0 Å². The maximum Gasteiger partial charge on any atom is 0.335 e. The van der Waals surface area contributed by atoms with Crippen molar-refractivity contribution in [3.63, 3.8) is 0 Å². The van der Waals surface area contributed by atoms with Crippen molar-refractivity contribution in [2.24, 2.45) is 10.9 Å². The number of morpholine rings is 1. The van der Waals surface area contributed by atoms with Crippen LogP contribution < -0.4 is 15.1 Å². The summed E-state index contributed by atoms with van der Waals surface area (Å²) in [5, 5.41) is 2.24. The minimum absolute atomic E-state index is 0.443. The van der Waals surface area contributed by atoms with E-state index in [1.807, 2.05) is 19.1 Å². The quantitative estimate of drug-likeness (QED) is 0.516. The number of quaternary nitrogens is 1. The van der Waals surface area contributed by atoms with Crippen LogP contribution in [0.15, 0.2) is 29.3 Å². The maximum absolute atomic E-state index is 12.7. The van der Waals surface area contributed by atoms with Crippen LogP contribution in [0.2, 0.25) is 0 Å². The van der Waals surface area contributed by atoms with Gasteiger partial charge in [0.1, 0.15) is 13.1 Å². The summed E-state index contributed by atoms with van der Waals surface area (Å²) in [5.41, 5.74) is 1.54. The van der Waals surface area contributed by atoms with E-state index < -0.39 is 23.8 Å². The Morgan fingerprint density at radius 3 is 2.59 bits per heavy atom. The summed E-state index contributed by atoms with van der Waals surface area (Å²) >= 11 is 0. The van der Waals surface area contributed by atoms with Gasteiger partial charge in [0.2, 0.25) is 5.91 Å². The molecule has 0 aromatic heterocycles. The van der Waals surface area contributed by atoms with Gasteiger partial charge in [0.15, 0.2) is 5.92 Å². The number of aliphatic imine (C=N–C) groups is 1. The number of aryl methyl sites for hydroxylation is 1. The molecule has 2 aliphatic heterocycles. The third-order valence-electron chi connectivity index (χ3n) is 4.85. The first-order chi connectivity index (χ1) is 13.1. The minimum atomic E-state index is -1.09. The number of urea groups is 1. The molecule has 0 unspecified atom stereocenters. The lowest BCUT2D eigenvalue weighted by Gasteiger charge is -2.28. The first-order valence-electron chi connectivity index (χ1n) is 9.29. The minimum Gasteiger partial charge on any atom is -0.370 e. The maximum atomic E-state index is 12.7. The molecule has 2 aliphatic rings. The lowest BCUT2D eigenvalue weighted by Crippen LogP contribution is -3.14. The lowest BCUT2D eigenvalue weighted by molar-refractivity contribution is -0.906. The molecular weight excluding hydrogens is 348 g/mol. The molecule has 1 atom stereocenters. The van der Waals surface area contributed by atoms with Gasteiger partial charge >= 0.3 is 6.03 Å². The molecular formula is C19H25N4O4+. The van der Waals surface area contributed by atoms with Crippen LogP contribution in [0.1, 0.15) is 12.5 Å². The fourth-order valence-electron chi connectivity index (χ4n) is 3.16. The second kappa shape index (κ2) is 8.88. The van der Waals surface area contributed by atoms with Gasteiger partial charge in [0.05, 0.1) is 32.0 Å². The third kappa shape index (κ3) is 4.58. The monoisotopic (exact) mass is 373 g/mol. The van der Waals surface area contributed by atoms with Gasteiger partial charge in [-0.25, -0.2) is 9.69 Å². The number of anilines is 1. The highest BCUT2D eigenvalue weighted by Gasteiger charge is 2.40. The fourth-order valence-corrected chi connectivity index (χ4v) is 3.16. The van der Waals surface area contributed by atoms with Crippen molar-refractivity contribution in [2.45, 2.75) is 13.3 Å². The van der Waals surface area contributed by atoms with Crippen LogP contribution in [0.25, 0.3) is 0 Å². The summed E-state index contributed by atoms with van der Waals surface area (Å²) in [6, 6.07) is 6.42. The molecule has 1 aromatic carbocycles. The van der Waals surface area contributed by atoms with Crippen molar-refractivity contribution in [3.05, 3.63) is 29.8 Å². The average molecular weight is 373 g/mol. The summed E-state index contributed by atoms with van der Waals surface area (Å²) < 4.78 is 5.31. The molecule has 2 saturated heterocycles. The Labute approximate surface area is 158 Å². The first kappa shape index (κ1) is 19.2. The van der Waals surface area contributed by atoms with Crippen molar-refractivity contribution in [1.29, 1.82) is 0 Å². The number of nitrogens with one attached hydrogen (secondary N) is 2. The normalized spacial score (nSPS) is 21.7. The Morgan fingerprint density at radius 1 is 1.22 bits per heavy atom. The zero-order chi connectivity index (χ0) is 19.2. The molecule has 0 bridgehead atoms. The van der Waals surface area contributed by atoms with Crippen LogP contribution in [-0.4, -0.2) is 63.5 Å². The van der Waals surface area contributed by atoms with E-state index in [1.165, 1.54) is 11.1 Å². The van der Waals surface area contributed by atoms with Crippen LogP contribution in [0.5, 0.6) is 0 Å². The van der Waals surface area contributed by atoms with E-state index >= 15 is 0 Å². The van der Waals surface area contributed by atoms with Crippen molar-refractivity contribution < 1.29 is 24.0 Å². The van der Waals surface area contributed by atoms with E-state index in [9.17, 15) is 14.4 Å². The summed E-state index contributed by atoms with van der Waals surface area (Å²) in [6.07, 6.45) is 2.22. The average Bonchev–Trinajstić information content (AvgIpc) is 2.68. The van der Waals surface area contributed by atoms with Gasteiger partial charge < -0.3 is 9.64 Å². The van der Waals surface area contributed by atoms with Crippen LogP contribution >= 0.6 is 0 Å². The molecule has 144 valence electrons. The van der Waals surface area contributed by atoms with Crippen LogP contribution in [-0.2, 0) is 20.7 Å².